The molecule has 37 heavy (non-hydrogen) atoms. The summed E-state index contributed by atoms with van der Waals surface area (Å²) in [4.78, 5) is 4.70. The molecule has 0 aliphatic carbocycles. The Labute approximate surface area is 217 Å². The zero-order chi connectivity index (χ0) is 25.9. The molecule has 11 heteroatoms. The normalized spacial score (nSPS) is 11.3. The highest BCUT2D eigenvalue weighted by Crippen LogP contribution is 2.34. The topological polar surface area (TPSA) is 49.2 Å². The fraction of sp³-hybridized carbons (Fsp3) is 0.0769. The molecular formula is C26H16ClF4N3O2S. The van der Waals surface area contributed by atoms with Gasteiger partial charge in [-0.15, -0.1) is 11.3 Å². The van der Waals surface area contributed by atoms with Crippen LogP contribution >= 0.6 is 22.9 Å². The van der Waals surface area contributed by atoms with E-state index in [4.69, 9.17) is 16.6 Å². The standard InChI is InChI=1S/C26H16ClF4N3O2S/c27-18-9-7-15(8-10-18)22-14-37-26(32-22)34-23(17-4-2-6-20(12-17)36-25(30)31)13-21(33-34)16-3-1-5-19(11-16)35-24(28)29/h1-14,24-25H. The predicted octanol–water partition coefficient (Wildman–Crippen LogP) is 8.19. The predicted molar refractivity (Wildman–Crippen MR) is 134 cm³/mol. The first kappa shape index (κ1) is 24.8. The smallest absolute Gasteiger partial charge is 0.387 e. The van der Waals surface area contributed by atoms with Crippen molar-refractivity contribution in [1.82, 2.24) is 14.8 Å². The number of hydrogen-bond acceptors (Lipinski definition) is 5. The van der Waals surface area contributed by atoms with E-state index in [-0.39, 0.29) is 11.5 Å². The average molecular weight is 546 g/mol. The Morgan fingerprint density at radius 2 is 1.35 bits per heavy atom. The fourth-order valence-corrected chi connectivity index (χ4v) is 4.57. The van der Waals surface area contributed by atoms with Crippen LogP contribution in [0.15, 0.2) is 84.2 Å². The molecule has 2 aromatic heterocycles. The van der Waals surface area contributed by atoms with Gasteiger partial charge in [-0.25, -0.2) is 9.67 Å². The first-order valence-corrected chi connectivity index (χ1v) is 12.0. The van der Waals surface area contributed by atoms with Crippen LogP contribution in [0.2, 0.25) is 5.02 Å². The number of nitrogens with zero attached hydrogens (tertiary/aromatic N) is 3. The summed E-state index contributed by atoms with van der Waals surface area (Å²) in [6.45, 7) is -5.95. The maximum atomic E-state index is 12.8. The molecule has 0 aliphatic heterocycles. The minimum atomic E-state index is -2.98. The average Bonchev–Trinajstić information content (AvgIpc) is 3.52. The minimum absolute atomic E-state index is 0.0183. The Morgan fingerprint density at radius 1 is 0.730 bits per heavy atom. The third kappa shape index (κ3) is 5.76. The molecule has 0 bridgehead atoms. The molecule has 0 atom stereocenters. The lowest BCUT2D eigenvalue weighted by molar-refractivity contribution is -0.0505. The number of benzene rings is 3. The van der Waals surface area contributed by atoms with Crippen molar-refractivity contribution in [3.63, 3.8) is 0 Å². The summed E-state index contributed by atoms with van der Waals surface area (Å²) in [5.74, 6) is -0.0367. The number of aromatic nitrogens is 3. The van der Waals surface area contributed by atoms with E-state index < -0.39 is 13.2 Å². The van der Waals surface area contributed by atoms with Crippen LogP contribution in [0.1, 0.15) is 0 Å². The third-order valence-electron chi connectivity index (χ3n) is 5.23. The minimum Gasteiger partial charge on any atom is -0.435 e. The van der Waals surface area contributed by atoms with Crippen molar-refractivity contribution in [2.75, 3.05) is 0 Å². The number of halogens is 5. The zero-order valence-corrected chi connectivity index (χ0v) is 20.3. The van der Waals surface area contributed by atoms with Gasteiger partial charge in [0.05, 0.1) is 17.1 Å². The molecule has 0 N–H and O–H groups in total. The molecule has 0 spiro atoms. The van der Waals surface area contributed by atoms with E-state index >= 15 is 0 Å². The molecule has 0 fully saturated rings. The van der Waals surface area contributed by atoms with E-state index in [0.29, 0.717) is 38.4 Å². The third-order valence-corrected chi connectivity index (χ3v) is 6.30. The number of rotatable bonds is 8. The van der Waals surface area contributed by atoms with Crippen molar-refractivity contribution < 1.29 is 27.0 Å². The summed E-state index contributed by atoms with van der Waals surface area (Å²) in [6, 6.07) is 21.3. The van der Waals surface area contributed by atoms with Crippen molar-refractivity contribution in [2.45, 2.75) is 13.2 Å². The molecular weight excluding hydrogens is 530 g/mol. The van der Waals surface area contributed by atoms with Crippen molar-refractivity contribution >= 4 is 22.9 Å². The van der Waals surface area contributed by atoms with Gasteiger partial charge in [-0.2, -0.15) is 22.7 Å². The molecule has 0 radical (unpaired) electrons. The van der Waals surface area contributed by atoms with E-state index in [1.165, 1.54) is 35.6 Å². The van der Waals surface area contributed by atoms with Crippen LogP contribution in [0.4, 0.5) is 17.6 Å². The molecule has 2 heterocycles. The van der Waals surface area contributed by atoms with E-state index in [1.807, 2.05) is 17.5 Å². The Kier molecular flexibility index (Phi) is 7.11. The van der Waals surface area contributed by atoms with E-state index in [1.54, 1.807) is 47.1 Å². The van der Waals surface area contributed by atoms with Crippen LogP contribution in [0.25, 0.3) is 38.9 Å². The second-order valence-electron chi connectivity index (χ2n) is 7.66. The van der Waals surface area contributed by atoms with E-state index in [2.05, 4.69) is 14.6 Å². The first-order valence-electron chi connectivity index (χ1n) is 10.8. The van der Waals surface area contributed by atoms with E-state index in [0.717, 1.165) is 5.56 Å². The van der Waals surface area contributed by atoms with Crippen LogP contribution in [0.3, 0.4) is 0 Å². The molecule has 0 unspecified atom stereocenters. The summed E-state index contributed by atoms with van der Waals surface area (Å²) in [7, 11) is 0. The lowest BCUT2D eigenvalue weighted by atomic mass is 10.1. The van der Waals surface area contributed by atoms with Crippen LogP contribution in [0, 0.1) is 0 Å². The quantitative estimate of drug-likeness (QED) is 0.184. The van der Waals surface area contributed by atoms with Crippen LogP contribution in [-0.4, -0.2) is 28.0 Å². The van der Waals surface area contributed by atoms with Gasteiger partial charge in [-0.3, -0.25) is 0 Å². The maximum absolute atomic E-state index is 12.8. The first-order chi connectivity index (χ1) is 17.9. The number of thiazole rings is 1. The molecule has 5 nitrogen and oxygen atoms in total. The molecule has 0 aliphatic rings. The van der Waals surface area contributed by atoms with E-state index in [9.17, 15) is 17.6 Å². The molecule has 5 rings (SSSR count). The Balaban J connectivity index is 1.60. The van der Waals surface area contributed by atoms with Gasteiger partial charge >= 0.3 is 13.2 Å². The fourth-order valence-electron chi connectivity index (χ4n) is 3.65. The van der Waals surface area contributed by atoms with Gasteiger partial charge in [-0.05, 0) is 42.5 Å². The SMILES string of the molecule is FC(F)Oc1cccc(-c2cc(-c3cccc(OC(F)F)c3)n(-c3nc(-c4ccc(Cl)cc4)cs3)n2)c1. The van der Waals surface area contributed by atoms with Gasteiger partial charge in [0.2, 0.25) is 5.13 Å². The van der Waals surface area contributed by atoms with Crippen molar-refractivity contribution in [3.05, 3.63) is 89.3 Å². The largest absolute Gasteiger partial charge is 0.435 e. The Bertz CT molecular complexity index is 1520. The zero-order valence-electron chi connectivity index (χ0n) is 18.7. The molecule has 0 saturated heterocycles. The van der Waals surface area contributed by atoms with Crippen LogP contribution in [-0.2, 0) is 0 Å². The van der Waals surface area contributed by atoms with Gasteiger partial charge < -0.3 is 9.47 Å². The number of ether oxygens (including phenoxy) is 2. The lowest BCUT2D eigenvalue weighted by Gasteiger charge is -2.08. The van der Waals surface area contributed by atoms with Gasteiger partial charge in [0.1, 0.15) is 11.5 Å². The summed E-state index contributed by atoms with van der Waals surface area (Å²) < 4.78 is 61.8. The number of hydrogen-bond donors (Lipinski definition) is 0. The van der Waals surface area contributed by atoms with Crippen molar-refractivity contribution in [1.29, 1.82) is 0 Å². The summed E-state index contributed by atoms with van der Waals surface area (Å²) in [5.41, 5.74) is 3.59. The lowest BCUT2D eigenvalue weighted by Crippen LogP contribution is -2.02. The van der Waals surface area contributed by atoms with Crippen molar-refractivity contribution in [2.24, 2.45) is 0 Å². The second kappa shape index (κ2) is 10.6. The molecule has 5 aromatic rings. The van der Waals surface area contributed by atoms with Gasteiger partial charge in [0.15, 0.2) is 0 Å². The molecule has 0 amide bonds. The van der Waals surface area contributed by atoms with Gasteiger partial charge in [0, 0.05) is 27.1 Å². The highest BCUT2D eigenvalue weighted by molar-refractivity contribution is 7.12. The Morgan fingerprint density at radius 3 is 2.00 bits per heavy atom. The second-order valence-corrected chi connectivity index (χ2v) is 8.93. The summed E-state index contributed by atoms with van der Waals surface area (Å²) in [5, 5.41) is 7.63. The van der Waals surface area contributed by atoms with Gasteiger partial charge in [0.25, 0.3) is 0 Å². The molecule has 0 saturated carbocycles. The van der Waals surface area contributed by atoms with Gasteiger partial charge in [-0.1, -0.05) is 48.0 Å². The molecule has 3 aromatic carbocycles. The highest BCUT2D eigenvalue weighted by Gasteiger charge is 2.18. The Hall–Kier alpha value is -3.89. The summed E-state index contributed by atoms with van der Waals surface area (Å²) >= 11 is 7.32. The number of alkyl halides is 4. The van der Waals surface area contributed by atoms with Crippen molar-refractivity contribution in [3.8, 4) is 50.4 Å². The highest BCUT2D eigenvalue weighted by atomic mass is 35.5. The summed E-state index contributed by atoms with van der Waals surface area (Å²) in [6.07, 6.45) is 0. The maximum Gasteiger partial charge on any atom is 0.387 e. The van der Waals surface area contributed by atoms with Crippen LogP contribution in [0.5, 0.6) is 11.5 Å². The molecule has 188 valence electrons. The van der Waals surface area contributed by atoms with Crippen LogP contribution < -0.4 is 9.47 Å². The monoisotopic (exact) mass is 545 g/mol.